The number of anilines is 1. The van der Waals surface area contributed by atoms with Crippen molar-refractivity contribution in [2.45, 2.75) is 63.9 Å². The number of benzene rings is 1. The molecule has 0 spiro atoms. The predicted molar refractivity (Wildman–Crippen MR) is 154 cm³/mol. The van der Waals surface area contributed by atoms with Crippen molar-refractivity contribution in [1.29, 1.82) is 0 Å². The second kappa shape index (κ2) is 12.3. The molecule has 6 rings (SSSR count). The average Bonchev–Trinajstić information content (AvgIpc) is 3.81. The summed E-state index contributed by atoms with van der Waals surface area (Å²) in [6, 6.07) is 9.08. The molecule has 0 radical (unpaired) electrons. The lowest BCUT2D eigenvalue weighted by molar-refractivity contribution is -0.121. The third-order valence-corrected chi connectivity index (χ3v) is 8.98. The maximum absolute atomic E-state index is 14.1. The molecule has 1 saturated carbocycles. The van der Waals surface area contributed by atoms with Crippen LogP contribution >= 0.6 is 0 Å². The molecule has 3 fully saturated rings. The summed E-state index contributed by atoms with van der Waals surface area (Å²) in [5.41, 5.74) is 2.82. The van der Waals surface area contributed by atoms with Gasteiger partial charge in [0.05, 0.1) is 38.1 Å². The largest absolute Gasteiger partial charge is 0.474 e. The Hall–Kier alpha value is -2.63. The van der Waals surface area contributed by atoms with Gasteiger partial charge in [0.2, 0.25) is 11.8 Å². The third kappa shape index (κ3) is 6.41. The molecule has 1 aromatic heterocycles. The van der Waals surface area contributed by atoms with Gasteiger partial charge >= 0.3 is 0 Å². The Morgan fingerprint density at radius 3 is 2.73 bits per heavy atom. The maximum atomic E-state index is 14.1. The molecule has 222 valence electrons. The van der Waals surface area contributed by atoms with E-state index in [4.69, 9.17) is 9.47 Å². The molecule has 2 N–H and O–H groups in total. The van der Waals surface area contributed by atoms with Crippen LogP contribution in [0.2, 0.25) is 0 Å². The van der Waals surface area contributed by atoms with Crippen LogP contribution in [0.25, 0.3) is 0 Å². The Balaban J connectivity index is 1.22. The van der Waals surface area contributed by atoms with Gasteiger partial charge in [0, 0.05) is 44.3 Å². The molecular weight excluding hydrogens is 525 g/mol. The molecule has 0 bridgehead atoms. The van der Waals surface area contributed by atoms with Gasteiger partial charge in [-0.2, -0.15) is 0 Å². The highest BCUT2D eigenvalue weighted by atomic mass is 19.1. The van der Waals surface area contributed by atoms with E-state index in [1.165, 1.54) is 25.0 Å². The lowest BCUT2D eigenvalue weighted by atomic mass is 10.0. The van der Waals surface area contributed by atoms with Crippen LogP contribution < -0.4 is 15.0 Å². The average molecular weight is 568 g/mol. The first-order chi connectivity index (χ1) is 19.9. The number of pyridine rings is 1. The second-order valence-corrected chi connectivity index (χ2v) is 12.2. The molecule has 1 aromatic carbocycles. The quantitative estimate of drug-likeness (QED) is 0.502. The molecule has 9 nitrogen and oxygen atoms in total. The summed E-state index contributed by atoms with van der Waals surface area (Å²) in [7, 11) is 0. The van der Waals surface area contributed by atoms with Gasteiger partial charge in [-0.05, 0) is 68.4 Å². The van der Waals surface area contributed by atoms with E-state index < -0.39 is 0 Å². The summed E-state index contributed by atoms with van der Waals surface area (Å²) < 4.78 is 25.2. The topological polar surface area (TPSA) is 90.4 Å². The van der Waals surface area contributed by atoms with Gasteiger partial charge in [-0.25, -0.2) is 9.37 Å². The highest BCUT2D eigenvalue weighted by Gasteiger charge is 2.40. The van der Waals surface area contributed by atoms with Crippen LogP contribution in [0.5, 0.6) is 5.88 Å². The molecule has 4 heterocycles. The van der Waals surface area contributed by atoms with Crippen LogP contribution in [0, 0.1) is 11.7 Å². The monoisotopic (exact) mass is 567 g/mol. The second-order valence-electron chi connectivity index (χ2n) is 12.2. The van der Waals surface area contributed by atoms with E-state index in [0.717, 1.165) is 56.4 Å². The minimum absolute atomic E-state index is 0.0214. The number of aliphatic hydroxyl groups is 1. The Bertz CT molecular complexity index is 1230. The van der Waals surface area contributed by atoms with Gasteiger partial charge in [-0.1, -0.05) is 12.1 Å². The summed E-state index contributed by atoms with van der Waals surface area (Å²) in [6.45, 7) is 9.67. The zero-order valence-electron chi connectivity index (χ0n) is 24.1. The molecule has 1 aliphatic carbocycles. The number of carbonyl (C=O) groups excluding carboxylic acids is 1. The summed E-state index contributed by atoms with van der Waals surface area (Å²) in [4.78, 5) is 25.5. The minimum Gasteiger partial charge on any atom is -0.474 e. The van der Waals surface area contributed by atoms with Gasteiger partial charge in [0.15, 0.2) is 0 Å². The highest BCUT2D eigenvalue weighted by molar-refractivity contribution is 5.97. The van der Waals surface area contributed by atoms with E-state index in [0.29, 0.717) is 48.9 Å². The number of carbonyl (C=O) groups is 1. The fraction of sp³-hybridized carbons (Fsp3) is 0.613. The van der Waals surface area contributed by atoms with Gasteiger partial charge in [0.25, 0.3) is 0 Å². The van der Waals surface area contributed by atoms with E-state index >= 15 is 0 Å². The number of hydrogen-bond donors (Lipinski definition) is 2. The number of aliphatic hydroxyl groups excluding tert-OH is 1. The predicted octanol–water partition coefficient (Wildman–Crippen LogP) is 2.19. The van der Waals surface area contributed by atoms with Crippen molar-refractivity contribution >= 4 is 11.6 Å². The van der Waals surface area contributed by atoms with Gasteiger partial charge in [-0.15, -0.1) is 0 Å². The summed E-state index contributed by atoms with van der Waals surface area (Å²) >= 11 is 0. The molecule has 4 aliphatic rings. The number of nitrogens with one attached hydrogen (secondary N) is 1. The molecule has 4 atom stereocenters. The first-order valence-electron chi connectivity index (χ1n) is 15.0. The summed E-state index contributed by atoms with van der Waals surface area (Å²) in [5.74, 6) is 0.838. The van der Waals surface area contributed by atoms with Crippen LogP contribution in [-0.2, 0) is 22.6 Å². The molecule has 1 amide bonds. The maximum Gasteiger partial charge on any atom is 0.241 e. The summed E-state index contributed by atoms with van der Waals surface area (Å²) in [5, 5.41) is 13.7. The number of ether oxygens (including phenoxy) is 2. The molecule has 10 heteroatoms. The number of fused-ring (bicyclic) bond motifs is 1. The number of piperazine rings is 1. The van der Waals surface area contributed by atoms with Crippen molar-refractivity contribution in [3.05, 3.63) is 53.0 Å². The first kappa shape index (κ1) is 28.5. The van der Waals surface area contributed by atoms with E-state index in [1.54, 1.807) is 12.1 Å². The van der Waals surface area contributed by atoms with E-state index in [9.17, 15) is 14.3 Å². The smallest absolute Gasteiger partial charge is 0.241 e. The molecular formula is C31H42FN5O4. The van der Waals surface area contributed by atoms with Crippen molar-refractivity contribution in [2.75, 3.05) is 57.4 Å². The van der Waals surface area contributed by atoms with Crippen LogP contribution in [0.3, 0.4) is 0 Å². The van der Waals surface area contributed by atoms with Crippen LogP contribution in [0.15, 0.2) is 30.3 Å². The van der Waals surface area contributed by atoms with E-state index in [-0.39, 0.29) is 30.4 Å². The summed E-state index contributed by atoms with van der Waals surface area (Å²) in [6.07, 6.45) is 3.04. The molecule has 3 aliphatic heterocycles. The molecule has 2 saturated heterocycles. The Morgan fingerprint density at radius 2 is 1.98 bits per heavy atom. The Labute approximate surface area is 241 Å². The van der Waals surface area contributed by atoms with E-state index in [2.05, 4.69) is 27.0 Å². The number of halogens is 1. The Morgan fingerprint density at radius 1 is 1.17 bits per heavy atom. The fourth-order valence-corrected chi connectivity index (χ4v) is 6.57. The fourth-order valence-electron chi connectivity index (χ4n) is 6.57. The number of rotatable bonds is 8. The number of aromatic nitrogens is 1. The van der Waals surface area contributed by atoms with Gasteiger partial charge in [-0.3, -0.25) is 14.6 Å². The van der Waals surface area contributed by atoms with Gasteiger partial charge < -0.3 is 24.8 Å². The van der Waals surface area contributed by atoms with Crippen molar-refractivity contribution < 1.29 is 23.8 Å². The molecule has 1 unspecified atom stereocenters. The van der Waals surface area contributed by atoms with Crippen LogP contribution in [-0.4, -0.2) is 103 Å². The SMILES string of the molecule is C[C@@H]1CN(CC(=O)N2c3cc(Cc4ccc(F)cc4)c(CO)nc3OC[C@@H]2C)[C@@H](CN2CCOCC2C2CC2)CN1. The van der Waals surface area contributed by atoms with Crippen molar-refractivity contribution in [3.63, 3.8) is 0 Å². The Kier molecular flexibility index (Phi) is 8.55. The molecule has 2 aromatic rings. The van der Waals surface area contributed by atoms with Crippen LogP contribution in [0.1, 0.15) is 43.5 Å². The lowest BCUT2D eigenvalue weighted by Crippen LogP contribution is -2.63. The standard InChI is InChI=1S/C31H42FN5O4/c1-20-14-36(26(13-33-20)15-35-9-10-40-19-29(35)23-5-6-23)16-30(39)37-21(2)18-41-31-28(37)12-24(27(17-38)34-31)11-22-3-7-25(32)8-4-22/h3-4,7-8,12,20-21,23,26,29,33,38H,5-6,9-11,13-19H2,1-2H3/t20-,21+,26-,29?/m1/s1. The van der Waals surface area contributed by atoms with Crippen molar-refractivity contribution in [3.8, 4) is 5.88 Å². The highest BCUT2D eigenvalue weighted by Crippen LogP contribution is 2.37. The normalized spacial score (nSPS) is 27.4. The number of morpholine rings is 1. The van der Waals surface area contributed by atoms with Crippen molar-refractivity contribution in [2.24, 2.45) is 5.92 Å². The van der Waals surface area contributed by atoms with Gasteiger partial charge in [0.1, 0.15) is 18.1 Å². The number of hydrogen-bond acceptors (Lipinski definition) is 8. The van der Waals surface area contributed by atoms with E-state index in [1.807, 2.05) is 17.9 Å². The lowest BCUT2D eigenvalue weighted by Gasteiger charge is -2.45. The zero-order chi connectivity index (χ0) is 28.5. The minimum atomic E-state index is -0.295. The zero-order valence-corrected chi connectivity index (χ0v) is 24.1. The molecule has 41 heavy (non-hydrogen) atoms. The number of amides is 1. The number of nitrogens with zero attached hydrogens (tertiary/aromatic N) is 4. The third-order valence-electron chi connectivity index (χ3n) is 8.98. The first-order valence-corrected chi connectivity index (χ1v) is 15.0. The van der Waals surface area contributed by atoms with Crippen molar-refractivity contribution in [1.82, 2.24) is 20.1 Å². The van der Waals surface area contributed by atoms with Crippen LogP contribution in [0.4, 0.5) is 10.1 Å².